The molecule has 4 N–H and O–H groups in total. The molecule has 0 aliphatic carbocycles. The number of hydrogen-bond acceptors (Lipinski definition) is 5. The Morgan fingerprint density at radius 2 is 1.95 bits per heavy atom. The smallest absolute Gasteiger partial charge is 0.337 e. The Morgan fingerprint density at radius 1 is 1.40 bits per heavy atom. The van der Waals surface area contributed by atoms with Crippen LogP contribution >= 0.6 is 0 Å². The van der Waals surface area contributed by atoms with Crippen molar-refractivity contribution in [2.24, 2.45) is 0 Å². The van der Waals surface area contributed by atoms with Gasteiger partial charge >= 0.3 is 5.97 Å². The van der Waals surface area contributed by atoms with Crippen molar-refractivity contribution in [3.63, 3.8) is 0 Å². The maximum Gasteiger partial charge on any atom is 0.337 e. The molecule has 1 aromatic carbocycles. The van der Waals surface area contributed by atoms with Crippen LogP contribution < -0.4 is 5.73 Å². The monoisotopic (exact) mass is 302 g/mol. The molecule has 0 amide bonds. The van der Waals surface area contributed by atoms with E-state index in [0.29, 0.717) is 0 Å². The molecular formula is C12H18N2O5S. The van der Waals surface area contributed by atoms with Crippen molar-refractivity contribution in [3.05, 3.63) is 23.8 Å². The first-order chi connectivity index (χ1) is 9.04. The molecule has 1 aromatic rings. The van der Waals surface area contributed by atoms with E-state index in [1.54, 1.807) is 0 Å². The summed E-state index contributed by atoms with van der Waals surface area (Å²) in [5.74, 6) is -1.36. The molecule has 20 heavy (non-hydrogen) atoms. The zero-order chi connectivity index (χ0) is 15.7. The zero-order valence-corrected chi connectivity index (χ0v) is 12.3. The van der Waals surface area contributed by atoms with Crippen LogP contribution in [0.5, 0.6) is 0 Å². The van der Waals surface area contributed by atoms with Crippen LogP contribution in [0.2, 0.25) is 0 Å². The van der Waals surface area contributed by atoms with Gasteiger partial charge in [-0.3, -0.25) is 0 Å². The molecule has 0 saturated carbocycles. The molecule has 0 aromatic heterocycles. The highest BCUT2D eigenvalue weighted by atomic mass is 32.2. The highest BCUT2D eigenvalue weighted by Crippen LogP contribution is 2.26. The second kappa shape index (κ2) is 5.39. The first-order valence-corrected chi connectivity index (χ1v) is 7.21. The summed E-state index contributed by atoms with van der Waals surface area (Å²) >= 11 is 0. The molecule has 0 spiro atoms. The van der Waals surface area contributed by atoms with Crippen LogP contribution in [-0.2, 0) is 10.0 Å². The second-order valence-corrected chi connectivity index (χ2v) is 6.94. The number of aliphatic hydroxyl groups excluding tert-OH is 1. The van der Waals surface area contributed by atoms with Crippen molar-refractivity contribution in [1.29, 1.82) is 0 Å². The first-order valence-electron chi connectivity index (χ1n) is 5.77. The minimum absolute atomic E-state index is 0.142. The van der Waals surface area contributed by atoms with Gasteiger partial charge in [0.1, 0.15) is 0 Å². The van der Waals surface area contributed by atoms with Crippen molar-refractivity contribution in [2.45, 2.75) is 24.3 Å². The Labute approximate surface area is 117 Å². The Hall–Kier alpha value is -1.64. The van der Waals surface area contributed by atoms with Gasteiger partial charge in [-0.05, 0) is 32.0 Å². The molecule has 0 bridgehead atoms. The molecule has 0 heterocycles. The fourth-order valence-corrected chi connectivity index (χ4v) is 3.22. The van der Waals surface area contributed by atoms with Gasteiger partial charge in [-0.2, -0.15) is 4.31 Å². The summed E-state index contributed by atoms with van der Waals surface area (Å²) in [6, 6.07) is 3.56. The van der Waals surface area contributed by atoms with Gasteiger partial charge in [-0.1, -0.05) is 0 Å². The number of aliphatic hydroxyl groups is 1. The van der Waals surface area contributed by atoms with E-state index in [4.69, 9.17) is 10.8 Å². The van der Waals surface area contributed by atoms with Crippen molar-refractivity contribution in [3.8, 4) is 0 Å². The Balaban J connectivity index is 3.50. The number of hydrogen-bond donors (Lipinski definition) is 3. The molecule has 8 heteroatoms. The van der Waals surface area contributed by atoms with E-state index < -0.39 is 33.0 Å². The van der Waals surface area contributed by atoms with Gasteiger partial charge < -0.3 is 15.9 Å². The molecule has 0 aliphatic rings. The number of benzene rings is 1. The SMILES string of the molecule is CN(C(C)(C)CO)S(=O)(=O)c1cc(N)ccc1C(=O)O. The molecule has 0 unspecified atom stereocenters. The summed E-state index contributed by atoms with van der Waals surface area (Å²) in [4.78, 5) is 10.8. The number of carbonyl (C=O) groups is 1. The first kappa shape index (κ1) is 16.4. The number of carboxylic acids is 1. The van der Waals surface area contributed by atoms with Gasteiger partial charge in [0.2, 0.25) is 10.0 Å². The van der Waals surface area contributed by atoms with Crippen molar-refractivity contribution in [1.82, 2.24) is 4.31 Å². The molecular weight excluding hydrogens is 284 g/mol. The average Bonchev–Trinajstić information content (AvgIpc) is 2.37. The normalized spacial score (nSPS) is 12.7. The van der Waals surface area contributed by atoms with E-state index in [0.717, 1.165) is 16.4 Å². The van der Waals surface area contributed by atoms with Crippen molar-refractivity contribution < 1.29 is 23.4 Å². The van der Waals surface area contributed by atoms with E-state index in [2.05, 4.69) is 0 Å². The number of anilines is 1. The molecule has 0 aliphatic heterocycles. The van der Waals surface area contributed by atoms with Gasteiger partial charge in [0.15, 0.2) is 0 Å². The fourth-order valence-electron chi connectivity index (χ4n) is 1.50. The molecule has 1 rings (SSSR count). The summed E-state index contributed by atoms with van der Waals surface area (Å²) in [6.07, 6.45) is 0. The lowest BCUT2D eigenvalue weighted by atomic mass is 10.1. The third-order valence-electron chi connectivity index (χ3n) is 3.11. The minimum atomic E-state index is -4.09. The van der Waals surface area contributed by atoms with Gasteiger partial charge in [0.25, 0.3) is 0 Å². The standard InChI is InChI=1S/C12H18N2O5S/c1-12(2,7-15)14(3)20(18,19)10-6-8(13)4-5-9(10)11(16)17/h4-6,15H,7,13H2,1-3H3,(H,16,17). The Bertz CT molecular complexity index is 625. The number of rotatable bonds is 5. The van der Waals surface area contributed by atoms with E-state index in [1.165, 1.54) is 27.0 Å². The molecule has 112 valence electrons. The molecule has 0 atom stereocenters. The quantitative estimate of drug-likeness (QED) is 0.675. The third kappa shape index (κ3) is 2.92. The van der Waals surface area contributed by atoms with Gasteiger partial charge in [-0.15, -0.1) is 0 Å². The van der Waals surface area contributed by atoms with Crippen molar-refractivity contribution in [2.75, 3.05) is 19.4 Å². The van der Waals surface area contributed by atoms with Gasteiger partial charge in [-0.25, -0.2) is 13.2 Å². The lowest BCUT2D eigenvalue weighted by molar-refractivity contribution is 0.0692. The lowest BCUT2D eigenvalue weighted by Crippen LogP contribution is -2.47. The fraction of sp³-hybridized carbons (Fsp3) is 0.417. The number of nitrogen functional groups attached to an aromatic ring is 1. The predicted molar refractivity (Wildman–Crippen MR) is 73.9 cm³/mol. The van der Waals surface area contributed by atoms with Gasteiger partial charge in [0.05, 0.1) is 22.6 Å². The summed E-state index contributed by atoms with van der Waals surface area (Å²) in [7, 11) is -2.82. The van der Waals surface area contributed by atoms with E-state index >= 15 is 0 Å². The Morgan fingerprint density at radius 3 is 2.40 bits per heavy atom. The average molecular weight is 302 g/mol. The number of carboxylic acid groups (broad SMARTS) is 1. The summed E-state index contributed by atoms with van der Waals surface area (Å²) < 4.78 is 26.0. The maximum atomic E-state index is 12.5. The number of likely N-dealkylation sites (N-methyl/N-ethyl adjacent to an activating group) is 1. The predicted octanol–water partition coefficient (Wildman–Crippen LogP) is 0.358. The van der Waals surface area contributed by atoms with E-state index in [9.17, 15) is 18.3 Å². The number of sulfonamides is 1. The highest BCUT2D eigenvalue weighted by Gasteiger charge is 2.35. The number of nitrogens with zero attached hydrogens (tertiary/aromatic N) is 1. The minimum Gasteiger partial charge on any atom is -0.478 e. The van der Waals surface area contributed by atoms with Crippen LogP contribution in [-0.4, -0.2) is 48.1 Å². The second-order valence-electron chi connectivity index (χ2n) is 5.00. The summed E-state index contributed by atoms with van der Waals surface area (Å²) in [5, 5.41) is 18.3. The van der Waals surface area contributed by atoms with Crippen LogP contribution in [0.15, 0.2) is 23.1 Å². The van der Waals surface area contributed by atoms with Crippen LogP contribution in [0.25, 0.3) is 0 Å². The van der Waals surface area contributed by atoms with Crippen LogP contribution in [0, 0.1) is 0 Å². The highest BCUT2D eigenvalue weighted by molar-refractivity contribution is 7.89. The molecule has 0 saturated heterocycles. The van der Waals surface area contributed by atoms with Gasteiger partial charge in [0, 0.05) is 12.7 Å². The molecule has 7 nitrogen and oxygen atoms in total. The number of nitrogens with two attached hydrogens (primary N) is 1. The number of aromatic carboxylic acids is 1. The Kier molecular flexibility index (Phi) is 4.42. The van der Waals surface area contributed by atoms with Crippen LogP contribution in [0.3, 0.4) is 0 Å². The lowest BCUT2D eigenvalue weighted by Gasteiger charge is -2.33. The topological polar surface area (TPSA) is 121 Å². The van der Waals surface area contributed by atoms with E-state index in [1.807, 2.05) is 0 Å². The zero-order valence-electron chi connectivity index (χ0n) is 11.5. The third-order valence-corrected chi connectivity index (χ3v) is 5.22. The maximum absolute atomic E-state index is 12.5. The van der Waals surface area contributed by atoms with E-state index in [-0.39, 0.29) is 11.3 Å². The van der Waals surface area contributed by atoms with Crippen LogP contribution in [0.1, 0.15) is 24.2 Å². The van der Waals surface area contributed by atoms with Crippen molar-refractivity contribution >= 4 is 21.7 Å². The van der Waals surface area contributed by atoms with Crippen LogP contribution in [0.4, 0.5) is 5.69 Å². The largest absolute Gasteiger partial charge is 0.478 e. The summed E-state index contributed by atoms with van der Waals surface area (Å²) in [5.41, 5.74) is 4.25. The summed E-state index contributed by atoms with van der Waals surface area (Å²) in [6.45, 7) is 2.64. The molecule has 0 radical (unpaired) electrons. The molecule has 0 fully saturated rings.